The lowest BCUT2D eigenvalue weighted by molar-refractivity contribution is -0.384. The number of nitrogens with zero attached hydrogens (tertiary/aromatic N) is 2. The van der Waals surface area contributed by atoms with Crippen molar-refractivity contribution in [1.82, 2.24) is 4.83 Å². The summed E-state index contributed by atoms with van der Waals surface area (Å²) in [7, 11) is -1.15. The van der Waals surface area contributed by atoms with E-state index in [4.69, 9.17) is 21.1 Å². The van der Waals surface area contributed by atoms with Crippen LogP contribution in [-0.4, -0.2) is 33.8 Å². The van der Waals surface area contributed by atoms with Crippen LogP contribution in [0.4, 0.5) is 5.69 Å². The average Bonchev–Trinajstić information content (AvgIpc) is 2.62. The van der Waals surface area contributed by atoms with Gasteiger partial charge in [0.15, 0.2) is 11.5 Å². The molecule has 0 bridgehead atoms. The smallest absolute Gasteiger partial charge is 0.288 e. The van der Waals surface area contributed by atoms with Crippen molar-refractivity contribution in [3.05, 3.63) is 57.1 Å². The molecule has 2 aromatic carbocycles. The van der Waals surface area contributed by atoms with Crippen LogP contribution in [0.3, 0.4) is 0 Å². The van der Waals surface area contributed by atoms with E-state index in [0.29, 0.717) is 11.3 Å². The van der Waals surface area contributed by atoms with Gasteiger partial charge in [-0.1, -0.05) is 17.7 Å². The van der Waals surface area contributed by atoms with Crippen LogP contribution in [0.5, 0.6) is 11.5 Å². The first-order chi connectivity index (χ1) is 12.3. The third kappa shape index (κ3) is 4.41. The van der Waals surface area contributed by atoms with E-state index in [9.17, 15) is 18.5 Å². The minimum atomic E-state index is -3.97. The number of rotatable bonds is 7. The number of methoxy groups -OCH3 is 2. The predicted octanol–water partition coefficient (Wildman–Crippen LogP) is 2.58. The number of sulfonamides is 1. The van der Waals surface area contributed by atoms with E-state index in [-0.39, 0.29) is 21.4 Å². The molecule has 9 nitrogen and oxygen atoms in total. The lowest BCUT2D eigenvalue weighted by Gasteiger charge is -2.09. The number of ether oxygens (including phenoxy) is 2. The highest BCUT2D eigenvalue weighted by Crippen LogP contribution is 2.29. The zero-order chi connectivity index (χ0) is 19.3. The summed E-state index contributed by atoms with van der Waals surface area (Å²) in [4.78, 5) is 12.1. The standard InChI is InChI=1S/C15H14ClN3O6S/c1-24-14-6-4-11(8-15(14)25-2)26(22,23)18-17-9-10-3-5-12(16)13(7-10)19(20)21/h3-9,18H,1-2H3. The van der Waals surface area contributed by atoms with Crippen LogP contribution in [0.15, 0.2) is 46.4 Å². The van der Waals surface area contributed by atoms with Gasteiger partial charge >= 0.3 is 0 Å². The Balaban J connectivity index is 2.21. The Morgan fingerprint density at radius 2 is 1.85 bits per heavy atom. The van der Waals surface area contributed by atoms with Gasteiger partial charge in [0.1, 0.15) is 5.02 Å². The van der Waals surface area contributed by atoms with E-state index in [1.54, 1.807) is 0 Å². The molecule has 2 aromatic rings. The molecule has 0 saturated carbocycles. The lowest BCUT2D eigenvalue weighted by Crippen LogP contribution is -2.18. The summed E-state index contributed by atoms with van der Waals surface area (Å²) in [6.45, 7) is 0. The van der Waals surface area contributed by atoms with Crippen LogP contribution in [0.25, 0.3) is 0 Å². The molecule has 0 heterocycles. The second kappa shape index (κ2) is 8.02. The van der Waals surface area contributed by atoms with E-state index in [2.05, 4.69) is 5.10 Å². The van der Waals surface area contributed by atoms with Gasteiger partial charge in [0.05, 0.1) is 30.3 Å². The van der Waals surface area contributed by atoms with Crippen LogP contribution in [0.2, 0.25) is 5.02 Å². The summed E-state index contributed by atoms with van der Waals surface area (Å²) in [5.41, 5.74) is -0.00511. The van der Waals surface area contributed by atoms with Crippen LogP contribution in [0, 0.1) is 10.1 Å². The number of nitrogens with one attached hydrogen (secondary N) is 1. The van der Waals surface area contributed by atoms with Gasteiger partial charge in [0, 0.05) is 17.7 Å². The van der Waals surface area contributed by atoms with Gasteiger partial charge in [-0.2, -0.15) is 13.5 Å². The molecule has 0 radical (unpaired) electrons. The number of benzene rings is 2. The van der Waals surface area contributed by atoms with E-state index < -0.39 is 14.9 Å². The number of halogens is 1. The fourth-order valence-electron chi connectivity index (χ4n) is 1.96. The van der Waals surface area contributed by atoms with E-state index in [1.807, 2.05) is 4.83 Å². The number of nitro groups is 1. The molecular weight excluding hydrogens is 386 g/mol. The summed E-state index contributed by atoms with van der Waals surface area (Å²) in [5.74, 6) is 0.621. The van der Waals surface area contributed by atoms with E-state index in [0.717, 1.165) is 6.21 Å². The van der Waals surface area contributed by atoms with Crippen molar-refractivity contribution in [3.8, 4) is 11.5 Å². The highest BCUT2D eigenvalue weighted by molar-refractivity contribution is 7.89. The lowest BCUT2D eigenvalue weighted by atomic mass is 10.2. The number of hydrogen-bond acceptors (Lipinski definition) is 7. The second-order valence-corrected chi connectivity index (χ2v) is 6.91. The molecule has 1 N–H and O–H groups in total. The predicted molar refractivity (Wildman–Crippen MR) is 95.6 cm³/mol. The molecule has 26 heavy (non-hydrogen) atoms. The molecule has 0 saturated heterocycles. The third-order valence-electron chi connectivity index (χ3n) is 3.22. The first kappa shape index (κ1) is 19.5. The summed E-state index contributed by atoms with van der Waals surface area (Å²) in [6, 6.07) is 8.01. The van der Waals surface area contributed by atoms with Gasteiger partial charge in [-0.05, 0) is 18.2 Å². The third-order valence-corrected chi connectivity index (χ3v) is 4.76. The van der Waals surface area contributed by atoms with Crippen LogP contribution in [0.1, 0.15) is 5.56 Å². The number of nitro benzene ring substituents is 1. The highest BCUT2D eigenvalue weighted by Gasteiger charge is 2.16. The summed E-state index contributed by atoms with van der Waals surface area (Å²) in [5, 5.41) is 14.4. The van der Waals surface area contributed by atoms with Crippen molar-refractivity contribution in [2.45, 2.75) is 4.90 Å². The maximum absolute atomic E-state index is 12.3. The molecule has 0 aliphatic heterocycles. The molecule has 0 amide bonds. The van der Waals surface area contributed by atoms with Gasteiger partial charge in [-0.15, -0.1) is 0 Å². The molecule has 138 valence electrons. The minimum absolute atomic E-state index is 0.0296. The van der Waals surface area contributed by atoms with Crippen molar-refractivity contribution >= 4 is 33.5 Å². The molecule has 11 heteroatoms. The Labute approximate surface area is 154 Å². The summed E-state index contributed by atoms with van der Waals surface area (Å²) >= 11 is 5.71. The Kier molecular flexibility index (Phi) is 6.01. The van der Waals surface area contributed by atoms with Crippen molar-refractivity contribution in [2.75, 3.05) is 14.2 Å². The molecule has 0 unspecified atom stereocenters. The van der Waals surface area contributed by atoms with E-state index >= 15 is 0 Å². The Bertz CT molecular complexity index is 962. The molecular formula is C15H14ClN3O6S. The SMILES string of the molecule is COc1ccc(S(=O)(=O)NN=Cc2ccc(Cl)c([N+](=O)[O-])c2)cc1OC. The summed E-state index contributed by atoms with van der Waals surface area (Å²) < 4.78 is 34.6. The maximum atomic E-state index is 12.3. The largest absolute Gasteiger partial charge is 0.493 e. The zero-order valence-corrected chi connectivity index (χ0v) is 15.2. The fraction of sp³-hybridized carbons (Fsp3) is 0.133. The second-order valence-electron chi connectivity index (χ2n) is 4.84. The van der Waals surface area contributed by atoms with Gasteiger partial charge in [0.25, 0.3) is 15.7 Å². The topological polar surface area (TPSA) is 120 Å². The number of hydrazone groups is 1. The molecule has 0 aliphatic carbocycles. The van der Waals surface area contributed by atoms with Gasteiger partial charge < -0.3 is 9.47 Å². The monoisotopic (exact) mass is 399 g/mol. The van der Waals surface area contributed by atoms with Crippen LogP contribution >= 0.6 is 11.6 Å². The average molecular weight is 400 g/mol. The van der Waals surface area contributed by atoms with Gasteiger partial charge in [0.2, 0.25) is 0 Å². The van der Waals surface area contributed by atoms with Crippen molar-refractivity contribution in [1.29, 1.82) is 0 Å². The molecule has 0 atom stereocenters. The Hall–Kier alpha value is -2.85. The van der Waals surface area contributed by atoms with Crippen LogP contribution in [-0.2, 0) is 10.0 Å². The quantitative estimate of drug-likeness (QED) is 0.434. The van der Waals surface area contributed by atoms with Crippen LogP contribution < -0.4 is 14.3 Å². The zero-order valence-electron chi connectivity index (χ0n) is 13.7. The molecule has 0 aliphatic rings. The molecule has 0 fully saturated rings. The Morgan fingerprint density at radius 3 is 2.46 bits per heavy atom. The van der Waals surface area contributed by atoms with Crippen molar-refractivity contribution in [3.63, 3.8) is 0 Å². The van der Waals surface area contributed by atoms with E-state index in [1.165, 1.54) is 50.6 Å². The van der Waals surface area contributed by atoms with Crippen molar-refractivity contribution < 1.29 is 22.8 Å². The van der Waals surface area contributed by atoms with Gasteiger partial charge in [-0.3, -0.25) is 10.1 Å². The maximum Gasteiger partial charge on any atom is 0.288 e. The summed E-state index contributed by atoms with van der Waals surface area (Å²) in [6.07, 6.45) is 1.13. The Morgan fingerprint density at radius 1 is 1.15 bits per heavy atom. The number of hydrogen-bond donors (Lipinski definition) is 1. The molecule has 2 rings (SSSR count). The first-order valence-electron chi connectivity index (χ1n) is 6.99. The molecule has 0 spiro atoms. The minimum Gasteiger partial charge on any atom is -0.493 e. The highest BCUT2D eigenvalue weighted by atomic mass is 35.5. The molecule has 0 aromatic heterocycles. The normalized spacial score (nSPS) is 11.3. The van der Waals surface area contributed by atoms with Crippen molar-refractivity contribution in [2.24, 2.45) is 5.10 Å². The van der Waals surface area contributed by atoms with Gasteiger partial charge in [-0.25, -0.2) is 4.83 Å². The fourth-order valence-corrected chi connectivity index (χ4v) is 2.95. The first-order valence-corrected chi connectivity index (χ1v) is 8.85.